The summed E-state index contributed by atoms with van der Waals surface area (Å²) in [7, 11) is 0. The second kappa shape index (κ2) is 3.60. The van der Waals surface area contributed by atoms with Crippen molar-refractivity contribution in [3.8, 4) is 0 Å². The minimum atomic E-state index is 0.888. The van der Waals surface area contributed by atoms with Crippen LogP contribution in [0.5, 0.6) is 0 Å². The smallest absolute Gasteiger partial charge is 0.0762 e. The van der Waals surface area contributed by atoms with E-state index in [2.05, 4.69) is 26.1 Å². The Balaban J connectivity index is 2.32. The van der Waals surface area contributed by atoms with Gasteiger partial charge in [0, 0.05) is 11.0 Å². The van der Waals surface area contributed by atoms with Crippen molar-refractivity contribution in [2.24, 2.45) is 0 Å². The number of hydrogen-bond acceptors (Lipinski definition) is 1. The minimum Gasteiger partial charge on any atom is -0.282 e. The van der Waals surface area contributed by atoms with Crippen molar-refractivity contribution in [1.29, 1.82) is 0 Å². The monoisotopic (exact) mass is 228 g/mol. The number of nitrogens with zero attached hydrogens (tertiary/aromatic N) is 1. The lowest BCUT2D eigenvalue weighted by Crippen LogP contribution is -1.89. The molecule has 1 aromatic heterocycles. The first-order valence-electron chi connectivity index (χ1n) is 4.53. The van der Waals surface area contributed by atoms with E-state index in [1.54, 1.807) is 0 Å². The van der Waals surface area contributed by atoms with Gasteiger partial charge in [-0.15, -0.1) is 0 Å². The van der Waals surface area contributed by atoms with Gasteiger partial charge in [-0.2, -0.15) is 5.10 Å². The fourth-order valence-corrected chi connectivity index (χ4v) is 2.30. The van der Waals surface area contributed by atoms with Crippen LogP contribution in [0.4, 0.5) is 0 Å². The number of halogens is 1. The lowest BCUT2D eigenvalue weighted by molar-refractivity contribution is 0.700. The summed E-state index contributed by atoms with van der Waals surface area (Å²) in [5, 5.41) is 8.31. The van der Waals surface area contributed by atoms with E-state index in [-0.39, 0.29) is 0 Å². The fourth-order valence-electron chi connectivity index (χ4n) is 1.84. The van der Waals surface area contributed by atoms with Crippen LogP contribution in [0.15, 0.2) is 0 Å². The largest absolute Gasteiger partial charge is 0.282 e. The average molecular weight is 229 g/mol. The molecule has 1 aromatic rings. The summed E-state index contributed by atoms with van der Waals surface area (Å²) in [6.45, 7) is 0. The number of rotatable bonds is 1. The van der Waals surface area contributed by atoms with E-state index in [1.807, 2.05) is 0 Å². The summed E-state index contributed by atoms with van der Waals surface area (Å²) in [6.07, 6.45) is 6.41. The maximum absolute atomic E-state index is 4.29. The van der Waals surface area contributed by atoms with Crippen LogP contribution < -0.4 is 0 Å². The number of hydrogen-bond donors (Lipinski definition) is 1. The van der Waals surface area contributed by atoms with E-state index in [0.29, 0.717) is 0 Å². The first-order valence-corrected chi connectivity index (χ1v) is 5.65. The molecular weight excluding hydrogens is 216 g/mol. The third kappa shape index (κ3) is 1.42. The van der Waals surface area contributed by atoms with Crippen LogP contribution in [0.1, 0.15) is 36.2 Å². The predicted molar refractivity (Wildman–Crippen MR) is 52.5 cm³/mol. The van der Waals surface area contributed by atoms with Crippen molar-refractivity contribution >= 4 is 15.9 Å². The zero-order valence-corrected chi connectivity index (χ0v) is 8.65. The molecule has 0 amide bonds. The highest BCUT2D eigenvalue weighted by Crippen LogP contribution is 2.22. The molecule has 0 spiro atoms. The van der Waals surface area contributed by atoms with Gasteiger partial charge in [-0.25, -0.2) is 0 Å². The molecule has 1 aliphatic carbocycles. The molecule has 3 heteroatoms. The molecule has 2 rings (SSSR count). The molecule has 1 aliphatic rings. The van der Waals surface area contributed by atoms with Gasteiger partial charge in [0.15, 0.2) is 0 Å². The second-order valence-electron chi connectivity index (χ2n) is 3.32. The zero-order chi connectivity index (χ0) is 8.39. The average Bonchev–Trinajstić information content (AvgIpc) is 2.33. The molecule has 0 saturated heterocycles. The van der Waals surface area contributed by atoms with Gasteiger partial charge in [-0.1, -0.05) is 22.4 Å². The predicted octanol–water partition coefficient (Wildman–Crippen LogP) is 2.57. The van der Waals surface area contributed by atoms with Crippen molar-refractivity contribution in [1.82, 2.24) is 10.2 Å². The van der Waals surface area contributed by atoms with Crippen molar-refractivity contribution in [2.45, 2.75) is 37.4 Å². The normalized spacial score (nSPS) is 17.1. The van der Waals surface area contributed by atoms with E-state index < -0.39 is 0 Å². The van der Waals surface area contributed by atoms with E-state index >= 15 is 0 Å². The maximum Gasteiger partial charge on any atom is 0.0762 e. The lowest BCUT2D eigenvalue weighted by atomic mass is 10.1. The molecule has 2 nitrogen and oxygen atoms in total. The molecule has 0 aliphatic heterocycles. The van der Waals surface area contributed by atoms with Crippen molar-refractivity contribution < 1.29 is 0 Å². The summed E-state index contributed by atoms with van der Waals surface area (Å²) in [5.41, 5.74) is 4.07. The lowest BCUT2D eigenvalue weighted by Gasteiger charge is -1.96. The van der Waals surface area contributed by atoms with Crippen LogP contribution in [0.2, 0.25) is 0 Å². The van der Waals surface area contributed by atoms with Crippen LogP contribution in [-0.4, -0.2) is 10.2 Å². The number of alkyl halides is 1. The summed E-state index contributed by atoms with van der Waals surface area (Å²) in [6, 6.07) is 0. The van der Waals surface area contributed by atoms with Crippen molar-refractivity contribution in [2.75, 3.05) is 0 Å². The Kier molecular flexibility index (Phi) is 2.49. The Morgan fingerprint density at radius 3 is 2.92 bits per heavy atom. The van der Waals surface area contributed by atoms with E-state index in [1.165, 1.54) is 49.1 Å². The number of aromatic nitrogens is 2. The Labute approximate surface area is 80.9 Å². The third-order valence-corrected chi connectivity index (χ3v) is 3.05. The van der Waals surface area contributed by atoms with E-state index in [4.69, 9.17) is 0 Å². The van der Waals surface area contributed by atoms with Crippen molar-refractivity contribution in [3.63, 3.8) is 0 Å². The Morgan fingerprint density at radius 2 is 2.08 bits per heavy atom. The number of fused-ring (bicyclic) bond motifs is 1. The van der Waals surface area contributed by atoms with Gasteiger partial charge in [-0.05, 0) is 31.2 Å². The molecule has 66 valence electrons. The summed E-state index contributed by atoms with van der Waals surface area (Å²) in [4.78, 5) is 0. The van der Waals surface area contributed by atoms with Crippen LogP contribution in [0.3, 0.4) is 0 Å². The fraction of sp³-hybridized carbons (Fsp3) is 0.667. The number of H-pyrrole nitrogens is 1. The summed E-state index contributed by atoms with van der Waals surface area (Å²) >= 11 is 3.46. The Hall–Kier alpha value is -0.310. The highest BCUT2D eigenvalue weighted by molar-refractivity contribution is 9.08. The van der Waals surface area contributed by atoms with Gasteiger partial charge in [0.2, 0.25) is 0 Å². The van der Waals surface area contributed by atoms with Gasteiger partial charge in [-0.3, -0.25) is 5.10 Å². The first kappa shape index (κ1) is 8.30. The highest BCUT2D eigenvalue weighted by atomic mass is 79.9. The molecule has 0 fully saturated rings. The molecule has 1 heterocycles. The maximum atomic E-state index is 4.29. The van der Waals surface area contributed by atoms with Gasteiger partial charge in [0.05, 0.1) is 5.69 Å². The topological polar surface area (TPSA) is 28.7 Å². The van der Waals surface area contributed by atoms with Gasteiger partial charge in [0.1, 0.15) is 0 Å². The Bertz CT molecular complexity index is 267. The van der Waals surface area contributed by atoms with E-state index in [0.717, 1.165) is 5.33 Å². The summed E-state index contributed by atoms with van der Waals surface area (Å²) in [5.74, 6) is 0. The molecule has 0 aromatic carbocycles. The summed E-state index contributed by atoms with van der Waals surface area (Å²) < 4.78 is 0. The van der Waals surface area contributed by atoms with Crippen molar-refractivity contribution in [3.05, 3.63) is 17.0 Å². The quantitative estimate of drug-likeness (QED) is 0.581. The third-order valence-electron chi connectivity index (χ3n) is 2.52. The molecule has 0 unspecified atom stereocenters. The zero-order valence-electron chi connectivity index (χ0n) is 7.07. The second-order valence-corrected chi connectivity index (χ2v) is 3.88. The van der Waals surface area contributed by atoms with Crippen LogP contribution in [0.25, 0.3) is 0 Å². The number of aryl methyl sites for hydroxylation is 1. The molecule has 12 heavy (non-hydrogen) atoms. The van der Waals surface area contributed by atoms with E-state index in [9.17, 15) is 0 Å². The van der Waals surface area contributed by atoms with Crippen LogP contribution >= 0.6 is 15.9 Å². The molecule has 0 atom stereocenters. The SMILES string of the molecule is BrCc1n[nH]c2c1CCCCC2. The molecule has 1 N–H and O–H groups in total. The minimum absolute atomic E-state index is 0.888. The highest BCUT2D eigenvalue weighted by Gasteiger charge is 2.13. The van der Waals surface area contributed by atoms with Crippen LogP contribution in [-0.2, 0) is 18.2 Å². The number of nitrogens with one attached hydrogen (secondary N) is 1. The van der Waals surface area contributed by atoms with Gasteiger partial charge >= 0.3 is 0 Å². The molecule has 0 radical (unpaired) electrons. The molecular formula is C9H13BrN2. The molecule has 0 bridgehead atoms. The first-order chi connectivity index (χ1) is 5.92. The van der Waals surface area contributed by atoms with Gasteiger partial charge in [0.25, 0.3) is 0 Å². The van der Waals surface area contributed by atoms with Gasteiger partial charge < -0.3 is 0 Å². The Morgan fingerprint density at radius 1 is 1.25 bits per heavy atom. The number of aromatic amines is 1. The van der Waals surface area contributed by atoms with Crippen LogP contribution in [0, 0.1) is 0 Å². The standard InChI is InChI=1S/C9H13BrN2/c10-6-9-7-4-2-1-3-5-8(7)11-12-9/h1-6H2,(H,11,12). The molecule has 0 saturated carbocycles.